The number of carbonyl (C=O) groups excluding carboxylic acids is 1. The molecule has 0 saturated carbocycles. The molecular weight excluding hydrogens is 230 g/mol. The molecule has 2 aromatic heterocycles. The number of hydrogen-bond donors (Lipinski definition) is 1. The van der Waals surface area contributed by atoms with Gasteiger partial charge in [-0.15, -0.1) is 0 Å². The molecule has 0 fully saturated rings. The van der Waals surface area contributed by atoms with E-state index in [1.54, 1.807) is 17.7 Å². The molecule has 0 aliphatic carbocycles. The molecular formula is C13H11N3O2. The Morgan fingerprint density at radius 3 is 2.67 bits per heavy atom. The van der Waals surface area contributed by atoms with E-state index in [0.717, 1.165) is 23.3 Å². The molecule has 5 nitrogen and oxygen atoms in total. The van der Waals surface area contributed by atoms with Crippen molar-refractivity contribution >= 4 is 12.1 Å². The Balaban J connectivity index is 2.02. The molecule has 90 valence electrons. The van der Waals surface area contributed by atoms with Crippen molar-refractivity contribution in [3.63, 3.8) is 0 Å². The van der Waals surface area contributed by atoms with Gasteiger partial charge in [-0.25, -0.2) is 4.98 Å². The first-order valence-electron chi connectivity index (χ1n) is 5.47. The molecule has 0 bridgehead atoms. The van der Waals surface area contributed by atoms with Gasteiger partial charge in [-0.1, -0.05) is 0 Å². The van der Waals surface area contributed by atoms with Gasteiger partial charge in [0.1, 0.15) is 5.75 Å². The normalized spacial score (nSPS) is 10.7. The molecule has 1 N–H and O–H groups in total. The van der Waals surface area contributed by atoms with Crippen LogP contribution in [-0.2, 0) is 0 Å². The Morgan fingerprint density at radius 1 is 1.28 bits per heavy atom. The summed E-state index contributed by atoms with van der Waals surface area (Å²) in [6.07, 6.45) is 4.35. The Hall–Kier alpha value is -2.56. The molecule has 3 aromatic rings. The average molecular weight is 241 g/mol. The Labute approximate surface area is 103 Å². The first-order valence-corrected chi connectivity index (χ1v) is 5.47. The quantitative estimate of drug-likeness (QED) is 0.715. The highest BCUT2D eigenvalue weighted by Crippen LogP contribution is 2.21. The summed E-state index contributed by atoms with van der Waals surface area (Å²) in [5.41, 5.74) is 2.36. The number of carbonyl (C=O) groups is 1. The van der Waals surface area contributed by atoms with Gasteiger partial charge in [-0.2, -0.15) is 0 Å². The van der Waals surface area contributed by atoms with Crippen LogP contribution in [0.2, 0.25) is 0 Å². The number of ether oxygens (including phenoxy) is 1. The van der Waals surface area contributed by atoms with Crippen molar-refractivity contribution in [3.8, 4) is 17.0 Å². The second kappa shape index (κ2) is 4.03. The van der Waals surface area contributed by atoms with Gasteiger partial charge < -0.3 is 9.72 Å². The number of aromatic amines is 1. The van der Waals surface area contributed by atoms with E-state index in [1.807, 2.05) is 30.5 Å². The molecule has 0 unspecified atom stereocenters. The monoisotopic (exact) mass is 241 g/mol. The first-order chi connectivity index (χ1) is 8.80. The standard InChI is InChI=1S/C13H11N3O2/c1-18-11-4-2-9(3-5-11)12-7-16-6-10(8-17)14-13(16)15-12/h2-8H,1H3,(H,14,15). The fourth-order valence-electron chi connectivity index (χ4n) is 1.86. The Kier molecular flexibility index (Phi) is 2.37. The third-order valence-corrected chi connectivity index (χ3v) is 2.78. The number of aromatic nitrogens is 3. The van der Waals surface area contributed by atoms with Crippen LogP contribution < -0.4 is 4.74 Å². The van der Waals surface area contributed by atoms with E-state index in [9.17, 15) is 4.79 Å². The van der Waals surface area contributed by atoms with Gasteiger partial charge in [0.2, 0.25) is 5.78 Å². The average Bonchev–Trinajstić information content (AvgIpc) is 2.96. The maximum Gasteiger partial charge on any atom is 0.212 e. The first kappa shape index (κ1) is 10.6. The number of H-pyrrole nitrogens is 1. The fourth-order valence-corrected chi connectivity index (χ4v) is 1.86. The molecule has 0 spiro atoms. The number of nitrogens with one attached hydrogen (secondary N) is 1. The summed E-state index contributed by atoms with van der Waals surface area (Å²) in [7, 11) is 1.63. The van der Waals surface area contributed by atoms with Crippen molar-refractivity contribution in [2.24, 2.45) is 0 Å². The van der Waals surface area contributed by atoms with Gasteiger partial charge in [-0.3, -0.25) is 9.20 Å². The van der Waals surface area contributed by atoms with Gasteiger partial charge in [0.15, 0.2) is 6.29 Å². The Morgan fingerprint density at radius 2 is 2.06 bits per heavy atom. The molecule has 0 aliphatic heterocycles. The maximum atomic E-state index is 10.6. The molecule has 0 atom stereocenters. The van der Waals surface area contributed by atoms with Crippen LogP contribution in [0.5, 0.6) is 5.75 Å². The summed E-state index contributed by atoms with van der Waals surface area (Å²) in [5, 5.41) is 0. The van der Waals surface area contributed by atoms with Crippen molar-refractivity contribution in [2.45, 2.75) is 0 Å². The number of aldehydes is 1. The van der Waals surface area contributed by atoms with Gasteiger partial charge in [0.05, 0.1) is 18.5 Å². The smallest absolute Gasteiger partial charge is 0.212 e. The summed E-state index contributed by atoms with van der Waals surface area (Å²) in [6.45, 7) is 0. The lowest BCUT2D eigenvalue weighted by atomic mass is 10.2. The van der Waals surface area contributed by atoms with E-state index in [0.29, 0.717) is 11.5 Å². The number of hydrogen-bond acceptors (Lipinski definition) is 3. The molecule has 18 heavy (non-hydrogen) atoms. The van der Waals surface area contributed by atoms with Crippen LogP contribution in [0.25, 0.3) is 17.0 Å². The molecule has 1 aromatic carbocycles. The van der Waals surface area contributed by atoms with E-state index in [2.05, 4.69) is 9.97 Å². The molecule has 3 rings (SSSR count). The minimum Gasteiger partial charge on any atom is -0.497 e. The number of fused-ring (bicyclic) bond motifs is 1. The van der Waals surface area contributed by atoms with Crippen LogP contribution in [0, 0.1) is 0 Å². The predicted molar refractivity (Wildman–Crippen MR) is 66.9 cm³/mol. The van der Waals surface area contributed by atoms with Crippen LogP contribution in [-0.4, -0.2) is 27.8 Å². The van der Waals surface area contributed by atoms with Gasteiger partial charge >= 0.3 is 0 Å². The van der Waals surface area contributed by atoms with E-state index >= 15 is 0 Å². The highest BCUT2D eigenvalue weighted by molar-refractivity contribution is 5.73. The van der Waals surface area contributed by atoms with E-state index in [-0.39, 0.29) is 0 Å². The van der Waals surface area contributed by atoms with Crippen LogP contribution >= 0.6 is 0 Å². The van der Waals surface area contributed by atoms with Gasteiger partial charge in [-0.05, 0) is 24.3 Å². The lowest BCUT2D eigenvalue weighted by Gasteiger charge is -2.00. The summed E-state index contributed by atoms with van der Waals surface area (Å²) in [4.78, 5) is 17.9. The maximum absolute atomic E-state index is 10.6. The van der Waals surface area contributed by atoms with Crippen molar-refractivity contribution in [2.75, 3.05) is 7.11 Å². The van der Waals surface area contributed by atoms with E-state index < -0.39 is 0 Å². The number of nitrogens with zero attached hydrogens (tertiary/aromatic N) is 2. The second-order valence-electron chi connectivity index (χ2n) is 3.91. The van der Waals surface area contributed by atoms with Crippen LogP contribution in [0.4, 0.5) is 0 Å². The minimum atomic E-state index is 0.513. The largest absolute Gasteiger partial charge is 0.497 e. The Bertz CT molecular complexity index is 663. The van der Waals surface area contributed by atoms with Crippen molar-refractivity contribution in [3.05, 3.63) is 42.4 Å². The van der Waals surface area contributed by atoms with Crippen LogP contribution in [0.3, 0.4) is 0 Å². The number of benzene rings is 1. The zero-order chi connectivity index (χ0) is 12.5. The van der Waals surface area contributed by atoms with Gasteiger partial charge in [0.25, 0.3) is 0 Å². The summed E-state index contributed by atoms with van der Waals surface area (Å²) in [5.74, 6) is 1.47. The molecule has 5 heteroatoms. The molecule has 0 radical (unpaired) electrons. The summed E-state index contributed by atoms with van der Waals surface area (Å²) < 4.78 is 6.90. The van der Waals surface area contributed by atoms with E-state index in [1.165, 1.54) is 0 Å². The lowest BCUT2D eigenvalue weighted by molar-refractivity contribution is 0.111. The van der Waals surface area contributed by atoms with Crippen LogP contribution in [0.1, 0.15) is 10.5 Å². The van der Waals surface area contributed by atoms with Gasteiger partial charge in [0, 0.05) is 18.0 Å². The fraction of sp³-hybridized carbons (Fsp3) is 0.0769. The highest BCUT2D eigenvalue weighted by atomic mass is 16.5. The highest BCUT2D eigenvalue weighted by Gasteiger charge is 2.07. The zero-order valence-corrected chi connectivity index (χ0v) is 9.75. The third-order valence-electron chi connectivity index (χ3n) is 2.78. The SMILES string of the molecule is COc1ccc(-c2cn3cc(C=O)[nH]c3n2)cc1. The molecule has 0 saturated heterocycles. The van der Waals surface area contributed by atoms with Crippen molar-refractivity contribution < 1.29 is 9.53 Å². The third kappa shape index (κ3) is 1.66. The number of rotatable bonds is 3. The zero-order valence-electron chi connectivity index (χ0n) is 9.75. The van der Waals surface area contributed by atoms with Crippen molar-refractivity contribution in [1.82, 2.24) is 14.4 Å². The van der Waals surface area contributed by atoms with E-state index in [4.69, 9.17) is 4.74 Å². The molecule has 0 amide bonds. The lowest BCUT2D eigenvalue weighted by Crippen LogP contribution is -1.83. The number of methoxy groups -OCH3 is 1. The number of imidazole rings is 2. The summed E-state index contributed by atoms with van der Waals surface area (Å²) in [6, 6.07) is 7.67. The topological polar surface area (TPSA) is 59.4 Å². The second-order valence-corrected chi connectivity index (χ2v) is 3.91. The molecule has 0 aliphatic rings. The molecule has 2 heterocycles. The predicted octanol–water partition coefficient (Wildman–Crippen LogP) is 2.15. The van der Waals surface area contributed by atoms with Crippen LogP contribution in [0.15, 0.2) is 36.7 Å². The summed E-state index contributed by atoms with van der Waals surface area (Å²) >= 11 is 0. The minimum absolute atomic E-state index is 0.513. The van der Waals surface area contributed by atoms with Crippen molar-refractivity contribution in [1.29, 1.82) is 0 Å².